The van der Waals surface area contributed by atoms with Gasteiger partial charge in [-0.25, -0.2) is 4.98 Å². The van der Waals surface area contributed by atoms with Crippen molar-refractivity contribution in [3.63, 3.8) is 0 Å². The molecule has 0 aliphatic heterocycles. The van der Waals surface area contributed by atoms with E-state index in [0.29, 0.717) is 16.8 Å². The molecular formula is C18H18F3N3O4. The van der Waals surface area contributed by atoms with Crippen molar-refractivity contribution in [2.24, 2.45) is 0 Å². The number of nitrogens with zero attached hydrogens (tertiary/aromatic N) is 2. The van der Waals surface area contributed by atoms with Crippen LogP contribution in [0.15, 0.2) is 30.6 Å². The van der Waals surface area contributed by atoms with Gasteiger partial charge in [-0.15, -0.1) is 0 Å². The van der Waals surface area contributed by atoms with E-state index in [-0.39, 0.29) is 30.4 Å². The Morgan fingerprint density at radius 3 is 2.61 bits per heavy atom. The molecule has 0 aliphatic carbocycles. The van der Waals surface area contributed by atoms with Gasteiger partial charge in [-0.2, -0.15) is 13.2 Å². The van der Waals surface area contributed by atoms with Gasteiger partial charge in [0.25, 0.3) is 11.8 Å². The summed E-state index contributed by atoms with van der Waals surface area (Å²) >= 11 is 0. The minimum Gasteiger partial charge on any atom is -0.491 e. The van der Waals surface area contributed by atoms with Crippen LogP contribution in [0, 0.1) is 0 Å². The molecule has 1 N–H and O–H groups in total. The molecule has 1 amide bonds. The number of alkyl halides is 3. The molecule has 0 aromatic carbocycles. The van der Waals surface area contributed by atoms with Crippen LogP contribution in [0.25, 0.3) is 0 Å². The van der Waals surface area contributed by atoms with Gasteiger partial charge in [0, 0.05) is 36.6 Å². The highest BCUT2D eigenvalue weighted by Crippen LogP contribution is 2.27. The molecule has 0 bridgehead atoms. The fourth-order valence-corrected chi connectivity index (χ4v) is 2.23. The van der Waals surface area contributed by atoms with Crippen LogP contribution < -0.4 is 14.8 Å². The van der Waals surface area contributed by atoms with Gasteiger partial charge in [0.1, 0.15) is 5.78 Å². The predicted octanol–water partition coefficient (Wildman–Crippen LogP) is 2.49. The molecule has 2 aromatic heterocycles. The van der Waals surface area contributed by atoms with Crippen LogP contribution in [0.2, 0.25) is 0 Å². The maximum Gasteiger partial charge on any atom is 0.422 e. The van der Waals surface area contributed by atoms with Crippen molar-refractivity contribution in [2.75, 3.05) is 13.7 Å². The van der Waals surface area contributed by atoms with Gasteiger partial charge < -0.3 is 14.8 Å². The first kappa shape index (κ1) is 21.1. The fourth-order valence-electron chi connectivity index (χ4n) is 2.23. The zero-order chi connectivity index (χ0) is 20.7. The van der Waals surface area contributed by atoms with Crippen molar-refractivity contribution in [3.8, 4) is 11.6 Å². The standard InChI is InChI=1S/C18H18F3N3O4/c1-11(25)5-14-7-13(3-4-22-14)16(26)23-8-12-6-15(27-2)17(24-9-12)28-10-18(19,20)21/h3-4,6-7,9H,5,8,10H2,1-2H3,(H,23,26). The number of carbonyl (C=O) groups excluding carboxylic acids is 2. The van der Waals surface area contributed by atoms with Crippen LogP contribution in [0.3, 0.4) is 0 Å². The van der Waals surface area contributed by atoms with E-state index in [0.717, 1.165) is 0 Å². The Morgan fingerprint density at radius 1 is 1.21 bits per heavy atom. The third kappa shape index (κ3) is 6.53. The Labute approximate surface area is 158 Å². The highest BCUT2D eigenvalue weighted by Gasteiger charge is 2.29. The van der Waals surface area contributed by atoms with E-state index in [2.05, 4.69) is 20.0 Å². The number of rotatable bonds is 8. The first-order chi connectivity index (χ1) is 13.2. The van der Waals surface area contributed by atoms with Gasteiger partial charge >= 0.3 is 6.18 Å². The van der Waals surface area contributed by atoms with E-state index in [9.17, 15) is 22.8 Å². The van der Waals surface area contributed by atoms with Crippen molar-refractivity contribution in [2.45, 2.75) is 26.1 Å². The topological polar surface area (TPSA) is 90.4 Å². The van der Waals surface area contributed by atoms with Crippen LogP contribution in [0.4, 0.5) is 13.2 Å². The van der Waals surface area contributed by atoms with E-state index < -0.39 is 18.7 Å². The lowest BCUT2D eigenvalue weighted by Gasteiger charge is -2.13. The summed E-state index contributed by atoms with van der Waals surface area (Å²) in [5, 5.41) is 2.65. The van der Waals surface area contributed by atoms with Gasteiger partial charge in [-0.3, -0.25) is 14.6 Å². The summed E-state index contributed by atoms with van der Waals surface area (Å²) in [6.07, 6.45) is -1.65. The van der Waals surface area contributed by atoms with Gasteiger partial charge in [0.2, 0.25) is 0 Å². The van der Waals surface area contributed by atoms with E-state index in [1.54, 1.807) is 0 Å². The highest BCUT2D eigenvalue weighted by molar-refractivity contribution is 5.94. The second-order valence-electron chi connectivity index (χ2n) is 5.85. The summed E-state index contributed by atoms with van der Waals surface area (Å²) in [6, 6.07) is 4.45. The monoisotopic (exact) mass is 397 g/mol. The number of amides is 1. The Bertz CT molecular complexity index is 856. The zero-order valence-corrected chi connectivity index (χ0v) is 15.2. The first-order valence-electron chi connectivity index (χ1n) is 8.13. The smallest absolute Gasteiger partial charge is 0.422 e. The number of carbonyl (C=O) groups is 2. The number of hydrogen-bond acceptors (Lipinski definition) is 6. The number of hydrogen-bond donors (Lipinski definition) is 1. The molecule has 28 heavy (non-hydrogen) atoms. The second kappa shape index (κ2) is 9.16. The average Bonchev–Trinajstić information content (AvgIpc) is 2.63. The lowest BCUT2D eigenvalue weighted by atomic mass is 10.1. The van der Waals surface area contributed by atoms with Crippen LogP contribution >= 0.6 is 0 Å². The molecule has 150 valence electrons. The normalized spacial score (nSPS) is 11.0. The molecule has 0 unspecified atom stereocenters. The van der Waals surface area contributed by atoms with Crippen molar-refractivity contribution in [3.05, 3.63) is 47.4 Å². The minimum absolute atomic E-state index is 0.0173. The number of aromatic nitrogens is 2. The van der Waals surface area contributed by atoms with E-state index in [1.165, 1.54) is 44.6 Å². The van der Waals surface area contributed by atoms with E-state index in [4.69, 9.17) is 4.74 Å². The number of Topliss-reactive ketones (excluding diaryl/α,β-unsaturated/α-hetero) is 1. The lowest BCUT2D eigenvalue weighted by molar-refractivity contribution is -0.154. The summed E-state index contributed by atoms with van der Waals surface area (Å²) in [4.78, 5) is 31.3. The van der Waals surface area contributed by atoms with Gasteiger partial charge in [-0.1, -0.05) is 0 Å². The molecular weight excluding hydrogens is 379 g/mol. The number of nitrogens with one attached hydrogen (secondary N) is 1. The molecule has 0 spiro atoms. The Balaban J connectivity index is 2.02. The number of methoxy groups -OCH3 is 1. The summed E-state index contributed by atoms with van der Waals surface area (Å²) in [6.45, 7) is 0.0000887. The number of pyridine rings is 2. The highest BCUT2D eigenvalue weighted by atomic mass is 19.4. The fraction of sp³-hybridized carbons (Fsp3) is 0.333. The molecule has 2 rings (SSSR count). The molecule has 2 heterocycles. The molecule has 7 nitrogen and oxygen atoms in total. The molecule has 0 saturated carbocycles. The molecule has 0 saturated heterocycles. The quantitative estimate of drug-likeness (QED) is 0.736. The number of ketones is 1. The first-order valence-corrected chi connectivity index (χ1v) is 8.13. The van der Waals surface area contributed by atoms with Crippen molar-refractivity contribution >= 4 is 11.7 Å². The Morgan fingerprint density at radius 2 is 1.96 bits per heavy atom. The third-order valence-corrected chi connectivity index (χ3v) is 3.43. The summed E-state index contributed by atoms with van der Waals surface area (Å²) in [5.74, 6) is -0.749. The molecule has 0 fully saturated rings. The Kier molecular flexibility index (Phi) is 6.91. The summed E-state index contributed by atoms with van der Waals surface area (Å²) < 4.78 is 46.4. The number of ether oxygens (including phenoxy) is 2. The van der Waals surface area contributed by atoms with Crippen molar-refractivity contribution in [1.82, 2.24) is 15.3 Å². The van der Waals surface area contributed by atoms with Gasteiger partial charge in [0.15, 0.2) is 12.4 Å². The second-order valence-corrected chi connectivity index (χ2v) is 5.85. The van der Waals surface area contributed by atoms with Gasteiger partial charge in [0.05, 0.1) is 7.11 Å². The molecule has 2 aromatic rings. The summed E-state index contributed by atoms with van der Waals surface area (Å²) in [5.41, 5.74) is 1.31. The van der Waals surface area contributed by atoms with Crippen LogP contribution in [0.1, 0.15) is 28.5 Å². The van der Waals surface area contributed by atoms with Crippen LogP contribution in [0.5, 0.6) is 11.6 Å². The van der Waals surface area contributed by atoms with Crippen molar-refractivity contribution < 1.29 is 32.2 Å². The zero-order valence-electron chi connectivity index (χ0n) is 15.2. The average molecular weight is 397 g/mol. The van der Waals surface area contributed by atoms with Crippen molar-refractivity contribution in [1.29, 1.82) is 0 Å². The lowest BCUT2D eigenvalue weighted by Crippen LogP contribution is -2.23. The predicted molar refractivity (Wildman–Crippen MR) is 92.1 cm³/mol. The Hall–Kier alpha value is -3.17. The number of halogens is 3. The third-order valence-electron chi connectivity index (χ3n) is 3.43. The minimum atomic E-state index is -4.49. The molecule has 10 heteroatoms. The van der Waals surface area contributed by atoms with E-state index in [1.807, 2.05) is 0 Å². The molecule has 0 radical (unpaired) electrons. The largest absolute Gasteiger partial charge is 0.491 e. The molecule has 0 aliphatic rings. The van der Waals surface area contributed by atoms with Crippen LogP contribution in [-0.2, 0) is 17.8 Å². The summed E-state index contributed by atoms with van der Waals surface area (Å²) in [7, 11) is 1.27. The van der Waals surface area contributed by atoms with E-state index >= 15 is 0 Å². The SMILES string of the molecule is COc1cc(CNC(=O)c2ccnc(CC(C)=O)c2)cnc1OCC(F)(F)F. The van der Waals surface area contributed by atoms with Gasteiger partial charge in [-0.05, 0) is 30.7 Å². The van der Waals surface area contributed by atoms with Crippen LogP contribution in [-0.4, -0.2) is 41.6 Å². The maximum absolute atomic E-state index is 12.3. The molecule has 0 atom stereocenters. The maximum atomic E-state index is 12.3.